The third-order valence-corrected chi connectivity index (χ3v) is 4.17. The molecule has 0 aliphatic heterocycles. The van der Waals surface area contributed by atoms with Gasteiger partial charge in [-0.1, -0.05) is 19.4 Å². The molecule has 1 atom stereocenters. The zero-order chi connectivity index (χ0) is 14.8. The third-order valence-electron chi connectivity index (χ3n) is 4.17. The Morgan fingerprint density at radius 1 is 1.30 bits per heavy atom. The van der Waals surface area contributed by atoms with Gasteiger partial charge in [0.15, 0.2) is 0 Å². The monoisotopic (exact) mass is 285 g/mol. The lowest BCUT2D eigenvalue weighted by Crippen LogP contribution is -2.33. The highest BCUT2D eigenvalue weighted by atomic mass is 19.4. The molecule has 1 nitrogen and oxygen atoms in total. The molecule has 1 aliphatic rings. The van der Waals surface area contributed by atoms with E-state index in [1.807, 2.05) is 0 Å². The SMILES string of the molecule is CCCNC(c1ccc(C(F)(F)F)cc1C)C1CCC1. The van der Waals surface area contributed by atoms with Crippen LogP contribution >= 0.6 is 0 Å². The minimum Gasteiger partial charge on any atom is -0.310 e. The van der Waals surface area contributed by atoms with E-state index in [0.717, 1.165) is 24.1 Å². The smallest absolute Gasteiger partial charge is 0.310 e. The lowest BCUT2D eigenvalue weighted by atomic mass is 9.76. The summed E-state index contributed by atoms with van der Waals surface area (Å²) in [6, 6.07) is 4.34. The lowest BCUT2D eigenvalue weighted by molar-refractivity contribution is -0.137. The zero-order valence-electron chi connectivity index (χ0n) is 12.1. The van der Waals surface area contributed by atoms with Gasteiger partial charge in [-0.05, 0) is 61.9 Å². The van der Waals surface area contributed by atoms with Crippen LogP contribution in [0.4, 0.5) is 13.2 Å². The molecule has 2 rings (SSSR count). The van der Waals surface area contributed by atoms with Crippen molar-refractivity contribution in [3.05, 3.63) is 34.9 Å². The molecule has 1 aromatic rings. The number of halogens is 3. The number of benzene rings is 1. The van der Waals surface area contributed by atoms with Crippen molar-refractivity contribution >= 4 is 0 Å². The summed E-state index contributed by atoms with van der Waals surface area (Å²) in [5.74, 6) is 0.567. The molecule has 1 unspecified atom stereocenters. The van der Waals surface area contributed by atoms with Crippen LogP contribution in [0.2, 0.25) is 0 Å². The maximum atomic E-state index is 12.7. The van der Waals surface area contributed by atoms with Crippen molar-refractivity contribution in [2.75, 3.05) is 6.54 Å². The van der Waals surface area contributed by atoms with Gasteiger partial charge in [0.25, 0.3) is 0 Å². The van der Waals surface area contributed by atoms with Crippen molar-refractivity contribution in [3.63, 3.8) is 0 Å². The summed E-state index contributed by atoms with van der Waals surface area (Å²) in [6.07, 6.45) is 0.341. The van der Waals surface area contributed by atoms with Crippen LogP contribution in [0.1, 0.15) is 55.3 Å². The van der Waals surface area contributed by atoms with Crippen LogP contribution in [0.3, 0.4) is 0 Å². The number of aryl methyl sites for hydroxylation is 1. The molecule has 1 fully saturated rings. The predicted octanol–water partition coefficient (Wildman–Crippen LogP) is 4.85. The zero-order valence-corrected chi connectivity index (χ0v) is 12.1. The van der Waals surface area contributed by atoms with Gasteiger partial charge < -0.3 is 5.32 Å². The van der Waals surface area contributed by atoms with E-state index < -0.39 is 11.7 Å². The molecule has 1 N–H and O–H groups in total. The second-order valence-electron chi connectivity index (χ2n) is 5.69. The number of alkyl halides is 3. The van der Waals surface area contributed by atoms with Crippen LogP contribution in [0, 0.1) is 12.8 Å². The van der Waals surface area contributed by atoms with Gasteiger partial charge in [0, 0.05) is 6.04 Å². The molecule has 4 heteroatoms. The van der Waals surface area contributed by atoms with Crippen LogP contribution in [0.25, 0.3) is 0 Å². The molecule has 0 aromatic heterocycles. The Labute approximate surface area is 118 Å². The quantitative estimate of drug-likeness (QED) is 0.815. The molecule has 0 radical (unpaired) electrons. The summed E-state index contributed by atoms with van der Waals surface area (Å²) in [7, 11) is 0. The van der Waals surface area contributed by atoms with Crippen molar-refractivity contribution in [1.82, 2.24) is 5.32 Å². The summed E-state index contributed by atoms with van der Waals surface area (Å²) < 4.78 is 38.2. The Bertz CT molecular complexity index is 450. The average molecular weight is 285 g/mol. The molecule has 1 aliphatic carbocycles. The molecular weight excluding hydrogens is 263 g/mol. The van der Waals surface area contributed by atoms with E-state index in [-0.39, 0.29) is 6.04 Å². The maximum Gasteiger partial charge on any atom is 0.416 e. The fraction of sp³-hybridized carbons (Fsp3) is 0.625. The first kappa shape index (κ1) is 15.4. The molecule has 0 spiro atoms. The van der Waals surface area contributed by atoms with E-state index >= 15 is 0 Å². The number of nitrogens with one attached hydrogen (secondary N) is 1. The highest BCUT2D eigenvalue weighted by molar-refractivity contribution is 5.35. The minimum absolute atomic E-state index is 0.200. The first-order valence-electron chi connectivity index (χ1n) is 7.34. The van der Waals surface area contributed by atoms with E-state index in [1.54, 1.807) is 13.0 Å². The standard InChI is InChI=1S/C16H22F3N/c1-3-9-20-15(12-5-4-6-12)14-8-7-13(10-11(14)2)16(17,18)19/h7-8,10,12,15,20H,3-6,9H2,1-2H3. The topological polar surface area (TPSA) is 12.0 Å². The Hall–Kier alpha value is -1.03. The van der Waals surface area contributed by atoms with Gasteiger partial charge in [0.05, 0.1) is 5.56 Å². The van der Waals surface area contributed by atoms with Gasteiger partial charge in [0.2, 0.25) is 0 Å². The number of hydrogen-bond donors (Lipinski definition) is 1. The van der Waals surface area contributed by atoms with Crippen molar-refractivity contribution in [1.29, 1.82) is 0 Å². The third kappa shape index (κ3) is 3.35. The van der Waals surface area contributed by atoms with Crippen LogP contribution in [-0.4, -0.2) is 6.54 Å². The summed E-state index contributed by atoms with van der Waals surface area (Å²) in [6.45, 7) is 4.79. The van der Waals surface area contributed by atoms with E-state index in [0.29, 0.717) is 5.92 Å². The van der Waals surface area contributed by atoms with E-state index in [4.69, 9.17) is 0 Å². The largest absolute Gasteiger partial charge is 0.416 e. The number of hydrogen-bond acceptors (Lipinski definition) is 1. The van der Waals surface area contributed by atoms with Gasteiger partial charge in [-0.2, -0.15) is 13.2 Å². The molecular formula is C16H22F3N. The molecule has 0 heterocycles. The van der Waals surface area contributed by atoms with Crippen molar-refractivity contribution in [2.24, 2.45) is 5.92 Å². The van der Waals surface area contributed by atoms with Crippen molar-refractivity contribution in [2.45, 2.75) is 51.7 Å². The molecule has 0 amide bonds. The highest BCUT2D eigenvalue weighted by Crippen LogP contribution is 2.40. The second kappa shape index (κ2) is 6.17. The van der Waals surface area contributed by atoms with Crippen molar-refractivity contribution in [3.8, 4) is 0 Å². The van der Waals surface area contributed by atoms with Gasteiger partial charge >= 0.3 is 6.18 Å². The van der Waals surface area contributed by atoms with Gasteiger partial charge in [-0.3, -0.25) is 0 Å². The van der Waals surface area contributed by atoms with Gasteiger partial charge in [-0.15, -0.1) is 0 Å². The first-order chi connectivity index (χ1) is 9.43. The van der Waals surface area contributed by atoms with E-state index in [1.165, 1.54) is 31.4 Å². The molecule has 0 bridgehead atoms. The lowest BCUT2D eigenvalue weighted by Gasteiger charge is -2.35. The average Bonchev–Trinajstić information content (AvgIpc) is 2.31. The normalized spacial score (nSPS) is 17.9. The Balaban J connectivity index is 2.24. The fourth-order valence-electron chi connectivity index (χ4n) is 2.80. The maximum absolute atomic E-state index is 12.7. The Kier molecular flexibility index (Phi) is 4.74. The summed E-state index contributed by atoms with van der Waals surface area (Å²) in [4.78, 5) is 0. The highest BCUT2D eigenvalue weighted by Gasteiger charge is 2.33. The summed E-state index contributed by atoms with van der Waals surface area (Å²) in [5, 5.41) is 3.51. The molecule has 112 valence electrons. The Morgan fingerprint density at radius 2 is 2.00 bits per heavy atom. The van der Waals surface area contributed by atoms with Crippen LogP contribution in [0.5, 0.6) is 0 Å². The van der Waals surface area contributed by atoms with E-state index in [2.05, 4.69) is 12.2 Å². The van der Waals surface area contributed by atoms with Crippen LogP contribution in [-0.2, 0) is 6.18 Å². The van der Waals surface area contributed by atoms with Crippen LogP contribution in [0.15, 0.2) is 18.2 Å². The molecule has 1 aromatic carbocycles. The first-order valence-corrected chi connectivity index (χ1v) is 7.34. The minimum atomic E-state index is -4.26. The summed E-state index contributed by atoms with van der Waals surface area (Å²) >= 11 is 0. The summed E-state index contributed by atoms with van der Waals surface area (Å²) in [5.41, 5.74) is 1.21. The van der Waals surface area contributed by atoms with Gasteiger partial charge in [0.1, 0.15) is 0 Å². The molecule has 1 saturated carbocycles. The second-order valence-corrected chi connectivity index (χ2v) is 5.69. The van der Waals surface area contributed by atoms with Gasteiger partial charge in [-0.25, -0.2) is 0 Å². The van der Waals surface area contributed by atoms with Crippen molar-refractivity contribution < 1.29 is 13.2 Å². The fourth-order valence-corrected chi connectivity index (χ4v) is 2.80. The van der Waals surface area contributed by atoms with Crippen LogP contribution < -0.4 is 5.32 Å². The van der Waals surface area contributed by atoms with E-state index in [9.17, 15) is 13.2 Å². The predicted molar refractivity (Wildman–Crippen MR) is 74.6 cm³/mol. The molecule has 0 saturated heterocycles. The molecule has 20 heavy (non-hydrogen) atoms. The number of rotatable bonds is 5. The Morgan fingerprint density at radius 3 is 2.45 bits per heavy atom.